The molecule has 3 rings (SSSR count). The Balaban J connectivity index is 2.01. The van der Waals surface area contributed by atoms with Crippen LogP contribution < -0.4 is 4.74 Å². The van der Waals surface area contributed by atoms with Crippen molar-refractivity contribution in [3.05, 3.63) is 59.8 Å². The molecule has 0 unspecified atom stereocenters. The summed E-state index contributed by atoms with van der Waals surface area (Å²) in [5.41, 5.74) is 0.953. The molecule has 0 spiro atoms. The second-order valence-electron chi connectivity index (χ2n) is 8.64. The smallest absolute Gasteiger partial charge is 0.169 e. The van der Waals surface area contributed by atoms with Gasteiger partial charge in [0.15, 0.2) is 5.82 Å². The van der Waals surface area contributed by atoms with E-state index >= 15 is 0 Å². The van der Waals surface area contributed by atoms with Crippen LogP contribution in [0.15, 0.2) is 47.1 Å². The van der Waals surface area contributed by atoms with Gasteiger partial charge in [-0.15, -0.1) is 5.10 Å². The van der Waals surface area contributed by atoms with Crippen LogP contribution in [0.3, 0.4) is 0 Å². The molecule has 2 heterocycles. The topological polar surface area (TPSA) is 69.2 Å². The van der Waals surface area contributed by atoms with Gasteiger partial charge in [0, 0.05) is 6.54 Å². The fourth-order valence-corrected chi connectivity index (χ4v) is 3.60. The predicted molar refractivity (Wildman–Crippen MR) is 111 cm³/mol. The van der Waals surface area contributed by atoms with Crippen LogP contribution in [-0.4, -0.2) is 32.2 Å². The summed E-state index contributed by atoms with van der Waals surface area (Å²) in [6.45, 7) is 12.1. The Morgan fingerprint density at radius 1 is 1.14 bits per heavy atom. The number of methoxy groups -OCH3 is 1. The zero-order valence-corrected chi connectivity index (χ0v) is 18.2. The minimum atomic E-state index is -0.210. The van der Waals surface area contributed by atoms with Crippen molar-refractivity contribution in [1.82, 2.24) is 25.1 Å². The fourth-order valence-electron chi connectivity index (χ4n) is 3.60. The van der Waals surface area contributed by atoms with E-state index in [1.165, 1.54) is 0 Å². The molecule has 1 atom stereocenters. The van der Waals surface area contributed by atoms with E-state index in [1.807, 2.05) is 28.9 Å². The van der Waals surface area contributed by atoms with Crippen LogP contribution in [0.1, 0.15) is 57.8 Å². The van der Waals surface area contributed by atoms with Crippen LogP contribution in [-0.2, 0) is 18.6 Å². The van der Waals surface area contributed by atoms with Crippen molar-refractivity contribution in [3.63, 3.8) is 0 Å². The number of hydrogen-bond donors (Lipinski definition) is 0. The third kappa shape index (κ3) is 5.03. The lowest BCUT2D eigenvalue weighted by Gasteiger charge is -2.34. The van der Waals surface area contributed by atoms with Gasteiger partial charge >= 0.3 is 0 Å². The molecule has 2 aromatic heterocycles. The summed E-state index contributed by atoms with van der Waals surface area (Å²) in [6.07, 6.45) is 1.71. The Morgan fingerprint density at radius 2 is 1.93 bits per heavy atom. The Bertz CT molecular complexity index is 896. The van der Waals surface area contributed by atoms with Crippen molar-refractivity contribution >= 4 is 0 Å². The number of furan rings is 1. The summed E-state index contributed by atoms with van der Waals surface area (Å²) in [7, 11) is 1.69. The maximum Gasteiger partial charge on any atom is 0.169 e. The van der Waals surface area contributed by atoms with Gasteiger partial charge in [0.2, 0.25) is 0 Å². The van der Waals surface area contributed by atoms with Crippen LogP contribution >= 0.6 is 0 Å². The van der Waals surface area contributed by atoms with E-state index in [1.54, 1.807) is 13.4 Å². The average molecular weight is 398 g/mol. The molecular formula is C22H31N5O2. The maximum atomic E-state index is 5.67. The summed E-state index contributed by atoms with van der Waals surface area (Å²) in [6, 6.07) is 12.1. The molecule has 0 fully saturated rings. The predicted octanol–water partition coefficient (Wildman–Crippen LogP) is 4.43. The molecule has 0 aliphatic carbocycles. The summed E-state index contributed by atoms with van der Waals surface area (Å²) in [4.78, 5) is 2.37. The molecule has 29 heavy (non-hydrogen) atoms. The molecule has 156 valence electrons. The van der Waals surface area contributed by atoms with Gasteiger partial charge in [0.25, 0.3) is 0 Å². The second-order valence-corrected chi connectivity index (χ2v) is 8.64. The number of tetrazole rings is 1. The van der Waals surface area contributed by atoms with Crippen molar-refractivity contribution in [2.45, 2.75) is 59.3 Å². The van der Waals surface area contributed by atoms with Gasteiger partial charge in [-0.1, -0.05) is 26.0 Å². The van der Waals surface area contributed by atoms with Crippen LogP contribution in [0.5, 0.6) is 5.75 Å². The quantitative estimate of drug-likeness (QED) is 0.560. The number of benzene rings is 1. The molecule has 0 aliphatic rings. The minimum absolute atomic E-state index is 0.0144. The summed E-state index contributed by atoms with van der Waals surface area (Å²) in [5, 5.41) is 12.7. The van der Waals surface area contributed by atoms with E-state index in [4.69, 9.17) is 9.15 Å². The molecule has 0 N–H and O–H groups in total. The molecule has 3 aromatic rings. The zero-order chi connectivity index (χ0) is 21.0. The highest BCUT2D eigenvalue weighted by Crippen LogP contribution is 2.32. The lowest BCUT2D eigenvalue weighted by molar-refractivity contribution is 0.111. The molecule has 0 bridgehead atoms. The maximum absolute atomic E-state index is 5.67. The Kier molecular flexibility index (Phi) is 6.37. The van der Waals surface area contributed by atoms with Crippen molar-refractivity contribution in [1.29, 1.82) is 0 Å². The van der Waals surface area contributed by atoms with Crippen LogP contribution in [0.25, 0.3) is 0 Å². The second kappa shape index (κ2) is 8.78. The normalized spacial score (nSPS) is 13.2. The van der Waals surface area contributed by atoms with Gasteiger partial charge in [-0.25, -0.2) is 4.68 Å². The van der Waals surface area contributed by atoms with Crippen molar-refractivity contribution in [3.8, 4) is 5.75 Å². The highest BCUT2D eigenvalue weighted by molar-refractivity contribution is 5.28. The summed E-state index contributed by atoms with van der Waals surface area (Å²) in [5.74, 6) is 2.92. The Morgan fingerprint density at radius 3 is 2.55 bits per heavy atom. The summed E-state index contributed by atoms with van der Waals surface area (Å²) >= 11 is 0. The van der Waals surface area contributed by atoms with E-state index in [-0.39, 0.29) is 11.6 Å². The minimum Gasteiger partial charge on any atom is -0.497 e. The third-order valence-electron chi connectivity index (χ3n) is 4.88. The van der Waals surface area contributed by atoms with Crippen LogP contribution in [0.4, 0.5) is 0 Å². The largest absolute Gasteiger partial charge is 0.497 e. The number of hydrogen-bond acceptors (Lipinski definition) is 6. The first-order valence-electron chi connectivity index (χ1n) is 9.97. The molecule has 7 heteroatoms. The van der Waals surface area contributed by atoms with E-state index in [2.05, 4.69) is 67.2 Å². The molecule has 7 nitrogen and oxygen atoms in total. The Labute approximate surface area is 172 Å². The highest BCUT2D eigenvalue weighted by atomic mass is 16.5. The van der Waals surface area contributed by atoms with E-state index in [9.17, 15) is 0 Å². The standard InChI is InChI=1S/C22H31N5O2/c1-16(2)20(21-23-24-25-27(21)22(3,4)5)26(15-19-11-8-12-29-19)14-17-9-7-10-18(13-17)28-6/h7-13,16,20H,14-15H2,1-6H3/t20-/m1/s1. The van der Waals surface area contributed by atoms with Gasteiger partial charge in [-0.2, -0.15) is 0 Å². The van der Waals surface area contributed by atoms with E-state index < -0.39 is 0 Å². The van der Waals surface area contributed by atoms with Gasteiger partial charge in [0.05, 0.1) is 31.5 Å². The van der Waals surface area contributed by atoms with Gasteiger partial charge in [-0.3, -0.25) is 4.90 Å². The van der Waals surface area contributed by atoms with Gasteiger partial charge in [-0.05, 0) is 66.9 Å². The number of nitrogens with zero attached hydrogens (tertiary/aromatic N) is 5. The first-order valence-corrected chi connectivity index (χ1v) is 9.97. The zero-order valence-electron chi connectivity index (χ0n) is 18.2. The van der Waals surface area contributed by atoms with Crippen molar-refractivity contribution < 1.29 is 9.15 Å². The molecule has 0 aliphatic heterocycles. The lowest BCUT2D eigenvalue weighted by atomic mass is 9.99. The first kappa shape index (κ1) is 21.0. The van der Waals surface area contributed by atoms with Gasteiger partial charge < -0.3 is 9.15 Å². The number of ether oxygens (including phenoxy) is 1. The average Bonchev–Trinajstić information content (AvgIpc) is 3.33. The summed E-state index contributed by atoms with van der Waals surface area (Å²) < 4.78 is 13.0. The Hall–Kier alpha value is -2.67. The number of aromatic nitrogens is 4. The van der Waals surface area contributed by atoms with Gasteiger partial charge in [0.1, 0.15) is 11.5 Å². The van der Waals surface area contributed by atoms with Crippen molar-refractivity contribution in [2.75, 3.05) is 7.11 Å². The third-order valence-corrected chi connectivity index (χ3v) is 4.88. The molecule has 0 saturated carbocycles. The molecule has 0 radical (unpaired) electrons. The van der Waals surface area contributed by atoms with E-state index in [0.29, 0.717) is 12.5 Å². The molecule has 0 amide bonds. The molecular weight excluding hydrogens is 366 g/mol. The molecule has 0 saturated heterocycles. The molecule has 1 aromatic carbocycles. The lowest BCUT2D eigenvalue weighted by Crippen LogP contribution is -2.36. The van der Waals surface area contributed by atoms with Crippen LogP contribution in [0.2, 0.25) is 0 Å². The number of rotatable bonds is 8. The van der Waals surface area contributed by atoms with E-state index in [0.717, 1.165) is 29.4 Å². The fraction of sp³-hybridized carbons (Fsp3) is 0.500. The SMILES string of the molecule is COc1cccc(CN(Cc2ccco2)[C@@H](c2nnnn2C(C)(C)C)C(C)C)c1. The monoisotopic (exact) mass is 397 g/mol. The van der Waals surface area contributed by atoms with Crippen molar-refractivity contribution in [2.24, 2.45) is 5.92 Å². The highest BCUT2D eigenvalue weighted by Gasteiger charge is 2.32. The first-order chi connectivity index (χ1) is 13.8. The van der Waals surface area contributed by atoms with Crippen LogP contribution in [0, 0.1) is 5.92 Å².